The van der Waals surface area contributed by atoms with Crippen LogP contribution in [0.15, 0.2) is 48.5 Å². The molecule has 4 rings (SSSR count). The van der Waals surface area contributed by atoms with Crippen LogP contribution in [-0.2, 0) is 9.84 Å². The lowest BCUT2D eigenvalue weighted by Crippen LogP contribution is -2.16. The number of anilines is 1. The number of carbonyl (C=O) groups excluding carboxylic acids is 1. The van der Waals surface area contributed by atoms with Gasteiger partial charge in [-0.25, -0.2) is 8.42 Å². The van der Waals surface area contributed by atoms with Crippen LogP contribution in [0.25, 0.3) is 11.3 Å². The van der Waals surface area contributed by atoms with Gasteiger partial charge in [0.25, 0.3) is 5.91 Å². The number of sulfone groups is 1. The number of rotatable bonds is 5. The second kappa shape index (κ2) is 8.19. The van der Waals surface area contributed by atoms with Crippen LogP contribution < -0.4 is 10.1 Å². The molecule has 0 spiro atoms. The van der Waals surface area contributed by atoms with E-state index >= 15 is 0 Å². The van der Waals surface area contributed by atoms with Gasteiger partial charge in [-0.15, -0.1) is 0 Å². The van der Waals surface area contributed by atoms with Gasteiger partial charge in [-0.3, -0.25) is 9.48 Å². The normalized spacial score (nSPS) is 17.5. The van der Waals surface area contributed by atoms with Crippen LogP contribution in [0.3, 0.4) is 0 Å². The van der Waals surface area contributed by atoms with Gasteiger partial charge < -0.3 is 10.1 Å². The van der Waals surface area contributed by atoms with Crippen LogP contribution >= 0.6 is 0 Å². The molecule has 0 aliphatic carbocycles. The Morgan fingerprint density at radius 2 is 1.94 bits per heavy atom. The summed E-state index contributed by atoms with van der Waals surface area (Å²) < 4.78 is 31.0. The third-order valence-corrected chi connectivity index (χ3v) is 7.40. The zero-order chi connectivity index (χ0) is 22.2. The minimum absolute atomic E-state index is 0.0312. The number of hydrogen-bond donors (Lipinski definition) is 1. The molecule has 1 atom stereocenters. The lowest BCUT2D eigenvalue weighted by Gasteiger charge is -2.14. The van der Waals surface area contributed by atoms with Gasteiger partial charge in [0, 0.05) is 17.3 Å². The lowest BCUT2D eigenvalue weighted by molar-refractivity contribution is 0.102. The van der Waals surface area contributed by atoms with Crippen LogP contribution in [0.5, 0.6) is 5.75 Å². The third kappa shape index (κ3) is 4.49. The minimum atomic E-state index is -3.10. The minimum Gasteiger partial charge on any atom is -0.497 e. The van der Waals surface area contributed by atoms with Gasteiger partial charge >= 0.3 is 0 Å². The number of hydrogen-bond acceptors (Lipinski definition) is 5. The number of aromatic nitrogens is 2. The Morgan fingerprint density at radius 1 is 1.13 bits per heavy atom. The highest BCUT2D eigenvalue weighted by atomic mass is 32.2. The highest BCUT2D eigenvalue weighted by Gasteiger charge is 2.32. The first-order valence-electron chi connectivity index (χ1n) is 10.1. The molecule has 1 saturated heterocycles. The maximum atomic E-state index is 12.9. The molecule has 0 bridgehead atoms. The fraction of sp³-hybridized carbons (Fsp3) is 0.304. The molecule has 7 nitrogen and oxygen atoms in total. The van der Waals surface area contributed by atoms with Gasteiger partial charge in [-0.05, 0) is 55.7 Å². The number of amides is 1. The maximum Gasteiger partial charge on any atom is 0.276 e. The molecule has 1 amide bonds. The van der Waals surface area contributed by atoms with E-state index in [-0.39, 0.29) is 29.1 Å². The molecule has 8 heteroatoms. The first-order valence-corrected chi connectivity index (χ1v) is 11.9. The summed E-state index contributed by atoms with van der Waals surface area (Å²) in [5.41, 5.74) is 4.75. The molecule has 1 unspecified atom stereocenters. The standard InChI is InChI=1S/C23H25N3O4S/c1-15-7-8-17(11-16(15)2)22-13-21(25-26(22)19-9-10-31(28,29)14-19)23(27)24-18-5-4-6-20(12-18)30-3/h4-8,11-13,19H,9-10,14H2,1-3H3,(H,24,27). The summed E-state index contributed by atoms with van der Waals surface area (Å²) in [6.07, 6.45) is 0.485. The highest BCUT2D eigenvalue weighted by Crippen LogP contribution is 2.31. The van der Waals surface area contributed by atoms with E-state index in [0.717, 1.165) is 22.4 Å². The van der Waals surface area contributed by atoms with Gasteiger partial charge in [-0.1, -0.05) is 18.2 Å². The van der Waals surface area contributed by atoms with Gasteiger partial charge in [0.05, 0.1) is 30.4 Å². The first-order chi connectivity index (χ1) is 14.8. The van der Waals surface area contributed by atoms with Gasteiger partial charge in [0.2, 0.25) is 0 Å². The van der Waals surface area contributed by atoms with E-state index in [0.29, 0.717) is 17.9 Å². The summed E-state index contributed by atoms with van der Waals surface area (Å²) in [5, 5.41) is 7.37. The van der Waals surface area contributed by atoms with Crippen molar-refractivity contribution in [2.24, 2.45) is 0 Å². The van der Waals surface area contributed by atoms with Crippen molar-refractivity contribution in [2.45, 2.75) is 26.3 Å². The van der Waals surface area contributed by atoms with Crippen LogP contribution in [0.4, 0.5) is 5.69 Å². The monoisotopic (exact) mass is 439 g/mol. The molecule has 162 valence electrons. The molecule has 2 heterocycles. The smallest absolute Gasteiger partial charge is 0.276 e. The quantitative estimate of drug-likeness (QED) is 0.653. The predicted octanol–water partition coefficient (Wildman–Crippen LogP) is 3.79. The Labute approximate surface area is 182 Å². The van der Waals surface area contributed by atoms with E-state index in [4.69, 9.17) is 4.74 Å². The van der Waals surface area contributed by atoms with Crippen molar-refractivity contribution >= 4 is 21.4 Å². The Hall–Kier alpha value is -3.13. The predicted molar refractivity (Wildman–Crippen MR) is 120 cm³/mol. The fourth-order valence-corrected chi connectivity index (χ4v) is 5.46. The number of nitrogens with zero attached hydrogens (tertiary/aromatic N) is 2. The van der Waals surface area contributed by atoms with Crippen LogP contribution in [0, 0.1) is 13.8 Å². The summed E-state index contributed by atoms with van der Waals surface area (Å²) in [6.45, 7) is 4.06. The number of aryl methyl sites for hydroxylation is 2. The molecular formula is C23H25N3O4S. The Bertz CT molecular complexity index is 1250. The molecule has 2 aromatic carbocycles. The Kier molecular flexibility index (Phi) is 5.58. The summed E-state index contributed by atoms with van der Waals surface area (Å²) in [6, 6.07) is 14.5. The van der Waals surface area contributed by atoms with E-state index in [2.05, 4.69) is 10.4 Å². The lowest BCUT2D eigenvalue weighted by atomic mass is 10.0. The van der Waals surface area contributed by atoms with Crippen molar-refractivity contribution in [2.75, 3.05) is 23.9 Å². The first kappa shape index (κ1) is 21.1. The number of methoxy groups -OCH3 is 1. The second-order valence-electron chi connectivity index (χ2n) is 7.90. The summed E-state index contributed by atoms with van der Waals surface area (Å²) in [5.74, 6) is 0.437. The van der Waals surface area contributed by atoms with Crippen molar-refractivity contribution in [3.05, 3.63) is 65.4 Å². The number of nitrogens with one attached hydrogen (secondary N) is 1. The van der Waals surface area contributed by atoms with Crippen molar-refractivity contribution in [3.8, 4) is 17.0 Å². The van der Waals surface area contributed by atoms with Gasteiger partial charge in [-0.2, -0.15) is 5.10 Å². The van der Waals surface area contributed by atoms with Crippen LogP contribution in [-0.4, -0.2) is 42.7 Å². The molecule has 1 aromatic heterocycles. The van der Waals surface area contributed by atoms with Gasteiger partial charge in [0.1, 0.15) is 5.75 Å². The van der Waals surface area contributed by atoms with Crippen molar-refractivity contribution < 1.29 is 17.9 Å². The molecule has 3 aromatic rings. The maximum absolute atomic E-state index is 12.9. The van der Waals surface area contributed by atoms with E-state index in [1.165, 1.54) is 0 Å². The van der Waals surface area contributed by atoms with E-state index in [1.54, 1.807) is 42.1 Å². The van der Waals surface area contributed by atoms with Gasteiger partial charge in [0.15, 0.2) is 15.5 Å². The molecule has 1 fully saturated rings. The summed E-state index contributed by atoms with van der Waals surface area (Å²) in [4.78, 5) is 12.9. The van der Waals surface area contributed by atoms with Crippen molar-refractivity contribution in [3.63, 3.8) is 0 Å². The third-order valence-electron chi connectivity index (χ3n) is 5.65. The number of benzene rings is 2. The average molecular weight is 440 g/mol. The largest absolute Gasteiger partial charge is 0.497 e. The SMILES string of the molecule is COc1cccc(NC(=O)c2cc(-c3ccc(C)c(C)c3)n(C3CCS(=O)(=O)C3)n2)c1. The van der Waals surface area contributed by atoms with Crippen LogP contribution in [0.2, 0.25) is 0 Å². The van der Waals surface area contributed by atoms with Crippen molar-refractivity contribution in [1.82, 2.24) is 9.78 Å². The summed E-state index contributed by atoms with van der Waals surface area (Å²) >= 11 is 0. The average Bonchev–Trinajstić information content (AvgIpc) is 3.33. The molecule has 0 saturated carbocycles. The molecule has 1 N–H and O–H groups in total. The zero-order valence-corrected chi connectivity index (χ0v) is 18.6. The molecule has 0 radical (unpaired) electrons. The molecular weight excluding hydrogens is 414 g/mol. The second-order valence-corrected chi connectivity index (χ2v) is 10.1. The number of carbonyl (C=O) groups is 1. The number of ether oxygens (including phenoxy) is 1. The zero-order valence-electron chi connectivity index (χ0n) is 17.8. The molecule has 31 heavy (non-hydrogen) atoms. The molecule has 1 aliphatic rings. The fourth-order valence-electron chi connectivity index (χ4n) is 3.76. The van der Waals surface area contributed by atoms with E-state index in [1.807, 2.05) is 32.0 Å². The Morgan fingerprint density at radius 3 is 2.61 bits per heavy atom. The highest BCUT2D eigenvalue weighted by molar-refractivity contribution is 7.91. The van der Waals surface area contributed by atoms with Crippen molar-refractivity contribution in [1.29, 1.82) is 0 Å². The molecule has 1 aliphatic heterocycles. The Balaban J connectivity index is 1.71. The topological polar surface area (TPSA) is 90.3 Å². The van der Waals surface area contributed by atoms with Crippen LogP contribution in [0.1, 0.15) is 34.1 Å². The van der Waals surface area contributed by atoms with E-state index < -0.39 is 9.84 Å². The summed E-state index contributed by atoms with van der Waals surface area (Å²) in [7, 11) is -1.54. The van der Waals surface area contributed by atoms with E-state index in [9.17, 15) is 13.2 Å².